The fourth-order valence-corrected chi connectivity index (χ4v) is 1.89. The van der Waals surface area contributed by atoms with Crippen molar-refractivity contribution in [2.75, 3.05) is 25.1 Å². The number of nitrogens with zero attached hydrogens (tertiary/aromatic N) is 2. The molecule has 92 valence electrons. The van der Waals surface area contributed by atoms with Crippen molar-refractivity contribution in [1.82, 2.24) is 4.90 Å². The van der Waals surface area contributed by atoms with E-state index >= 15 is 0 Å². The highest BCUT2D eigenvalue weighted by Gasteiger charge is 2.18. The van der Waals surface area contributed by atoms with Crippen LogP contribution in [0.2, 0.25) is 0 Å². The van der Waals surface area contributed by atoms with Crippen LogP contribution in [0.15, 0.2) is 0 Å². The third kappa shape index (κ3) is 7.23. The van der Waals surface area contributed by atoms with Gasteiger partial charge in [-0.2, -0.15) is 5.26 Å². The number of amides is 1. The van der Waals surface area contributed by atoms with Crippen LogP contribution >= 0.6 is 0 Å². The number of carbonyl (C=O) groups excluding carboxylic acids is 1. The Morgan fingerprint density at radius 2 is 2.00 bits per heavy atom. The lowest BCUT2D eigenvalue weighted by Crippen LogP contribution is -2.38. The molecule has 16 heavy (non-hydrogen) atoms. The molecule has 0 saturated carbocycles. The molecule has 6 heteroatoms. The van der Waals surface area contributed by atoms with Gasteiger partial charge in [0.15, 0.2) is 9.84 Å². The third-order valence-corrected chi connectivity index (χ3v) is 2.59. The number of hydrogen-bond donors (Lipinski definition) is 0. The van der Waals surface area contributed by atoms with Crippen molar-refractivity contribution in [2.45, 2.75) is 20.3 Å². The van der Waals surface area contributed by atoms with E-state index in [-0.39, 0.29) is 12.3 Å². The molecule has 0 bridgehead atoms. The van der Waals surface area contributed by atoms with E-state index in [0.717, 1.165) is 6.26 Å². The van der Waals surface area contributed by atoms with Crippen LogP contribution in [0.4, 0.5) is 0 Å². The zero-order valence-corrected chi connectivity index (χ0v) is 10.7. The summed E-state index contributed by atoms with van der Waals surface area (Å²) in [5.41, 5.74) is 0. The van der Waals surface area contributed by atoms with Crippen molar-refractivity contribution in [2.24, 2.45) is 5.92 Å². The fraction of sp³-hybridized carbons (Fsp3) is 0.800. The van der Waals surface area contributed by atoms with Gasteiger partial charge in [-0.25, -0.2) is 8.42 Å². The van der Waals surface area contributed by atoms with Gasteiger partial charge in [-0.1, -0.05) is 13.8 Å². The van der Waals surface area contributed by atoms with Crippen LogP contribution in [-0.4, -0.2) is 44.3 Å². The summed E-state index contributed by atoms with van der Waals surface area (Å²) in [6, 6.07) is 1.95. The summed E-state index contributed by atoms with van der Waals surface area (Å²) in [4.78, 5) is 13.1. The van der Waals surface area contributed by atoms with Crippen molar-refractivity contribution in [3.05, 3.63) is 0 Å². The van der Waals surface area contributed by atoms with Gasteiger partial charge in [0.1, 0.15) is 5.75 Å². The van der Waals surface area contributed by atoms with Crippen molar-refractivity contribution in [3.8, 4) is 6.07 Å². The van der Waals surface area contributed by atoms with Gasteiger partial charge in [0.25, 0.3) is 0 Å². The Kier molecular flexibility index (Phi) is 6.04. The summed E-state index contributed by atoms with van der Waals surface area (Å²) in [5, 5.41) is 8.46. The molecule has 0 aliphatic heterocycles. The maximum atomic E-state index is 11.6. The molecule has 0 unspecified atom stereocenters. The second-order valence-corrected chi connectivity index (χ2v) is 6.35. The molecule has 0 heterocycles. The first-order chi connectivity index (χ1) is 7.26. The SMILES string of the molecule is CC(C)CN(CCC#N)C(=O)CS(C)(=O)=O. The van der Waals surface area contributed by atoms with Crippen LogP contribution in [0.3, 0.4) is 0 Å². The molecule has 0 saturated heterocycles. The highest BCUT2D eigenvalue weighted by Crippen LogP contribution is 2.02. The second kappa shape index (κ2) is 6.48. The van der Waals surface area contributed by atoms with Crippen molar-refractivity contribution in [1.29, 1.82) is 5.26 Å². The van der Waals surface area contributed by atoms with E-state index in [9.17, 15) is 13.2 Å². The lowest BCUT2D eigenvalue weighted by atomic mass is 10.2. The topological polar surface area (TPSA) is 78.2 Å². The van der Waals surface area contributed by atoms with E-state index in [0.29, 0.717) is 13.1 Å². The van der Waals surface area contributed by atoms with Crippen LogP contribution in [-0.2, 0) is 14.6 Å². The molecule has 0 atom stereocenters. The Bertz CT molecular complexity index is 368. The van der Waals surface area contributed by atoms with Crippen LogP contribution < -0.4 is 0 Å². The monoisotopic (exact) mass is 246 g/mol. The molecule has 0 aromatic carbocycles. The van der Waals surface area contributed by atoms with Crippen molar-refractivity contribution >= 4 is 15.7 Å². The number of carbonyl (C=O) groups is 1. The first kappa shape index (κ1) is 14.9. The Labute approximate surface area is 97.0 Å². The van der Waals surface area contributed by atoms with E-state index in [2.05, 4.69) is 0 Å². The Balaban J connectivity index is 4.50. The van der Waals surface area contributed by atoms with Crippen LogP contribution in [0.5, 0.6) is 0 Å². The molecule has 0 rings (SSSR count). The predicted octanol–water partition coefficient (Wildman–Crippen LogP) is 0.429. The summed E-state index contributed by atoms with van der Waals surface area (Å²) in [5.74, 6) is -0.654. The lowest BCUT2D eigenvalue weighted by molar-refractivity contribution is -0.128. The van der Waals surface area contributed by atoms with Crippen LogP contribution in [0.25, 0.3) is 0 Å². The standard InChI is InChI=1S/C10H18N2O3S/c1-9(2)7-12(6-4-5-11)10(13)8-16(3,14)15/h9H,4,6-8H2,1-3H3. The smallest absolute Gasteiger partial charge is 0.237 e. The van der Waals surface area contributed by atoms with Gasteiger partial charge in [-0.05, 0) is 5.92 Å². The number of nitriles is 1. The average Bonchev–Trinajstić information content (AvgIpc) is 2.08. The minimum atomic E-state index is -3.30. The lowest BCUT2D eigenvalue weighted by Gasteiger charge is -2.23. The van der Waals surface area contributed by atoms with Gasteiger partial charge >= 0.3 is 0 Å². The van der Waals surface area contributed by atoms with E-state index in [4.69, 9.17) is 5.26 Å². The molecule has 0 aliphatic rings. The molecule has 0 spiro atoms. The third-order valence-electron chi connectivity index (χ3n) is 1.82. The van der Waals surface area contributed by atoms with Gasteiger partial charge in [-0.3, -0.25) is 4.79 Å². The molecule has 0 fully saturated rings. The zero-order valence-electron chi connectivity index (χ0n) is 9.93. The number of hydrogen-bond acceptors (Lipinski definition) is 4. The van der Waals surface area contributed by atoms with E-state index in [1.807, 2.05) is 19.9 Å². The first-order valence-corrected chi connectivity index (χ1v) is 7.14. The maximum Gasteiger partial charge on any atom is 0.237 e. The van der Waals surface area contributed by atoms with E-state index < -0.39 is 21.5 Å². The predicted molar refractivity (Wildman–Crippen MR) is 61.4 cm³/mol. The van der Waals surface area contributed by atoms with Gasteiger partial charge in [0, 0.05) is 19.3 Å². The van der Waals surface area contributed by atoms with Crippen LogP contribution in [0.1, 0.15) is 20.3 Å². The molecule has 1 amide bonds. The van der Waals surface area contributed by atoms with E-state index in [1.54, 1.807) is 0 Å². The van der Waals surface area contributed by atoms with Gasteiger partial charge in [0.2, 0.25) is 5.91 Å². The highest BCUT2D eigenvalue weighted by molar-refractivity contribution is 7.91. The Morgan fingerprint density at radius 3 is 2.38 bits per heavy atom. The van der Waals surface area contributed by atoms with Gasteiger partial charge < -0.3 is 4.90 Å². The molecular formula is C10H18N2O3S. The van der Waals surface area contributed by atoms with Crippen LogP contribution in [0, 0.1) is 17.2 Å². The molecular weight excluding hydrogens is 228 g/mol. The average molecular weight is 246 g/mol. The minimum Gasteiger partial charge on any atom is -0.341 e. The summed E-state index contributed by atoms with van der Waals surface area (Å²) in [6.45, 7) is 4.65. The number of sulfone groups is 1. The quantitative estimate of drug-likeness (QED) is 0.681. The summed E-state index contributed by atoms with van der Waals surface area (Å²) in [6.07, 6.45) is 1.25. The molecule has 5 nitrogen and oxygen atoms in total. The summed E-state index contributed by atoms with van der Waals surface area (Å²) < 4.78 is 22.0. The molecule has 0 aromatic heterocycles. The molecule has 0 radical (unpaired) electrons. The first-order valence-electron chi connectivity index (χ1n) is 5.08. The molecule has 0 aromatic rings. The maximum absolute atomic E-state index is 11.6. The largest absolute Gasteiger partial charge is 0.341 e. The Morgan fingerprint density at radius 1 is 1.44 bits per heavy atom. The zero-order chi connectivity index (χ0) is 12.8. The Hall–Kier alpha value is -1.09. The van der Waals surface area contributed by atoms with Crippen molar-refractivity contribution < 1.29 is 13.2 Å². The van der Waals surface area contributed by atoms with E-state index in [1.165, 1.54) is 4.90 Å². The fourth-order valence-electron chi connectivity index (χ4n) is 1.26. The minimum absolute atomic E-state index is 0.224. The summed E-state index contributed by atoms with van der Waals surface area (Å²) in [7, 11) is -3.30. The molecule has 0 aliphatic carbocycles. The second-order valence-electron chi connectivity index (χ2n) is 4.21. The highest BCUT2D eigenvalue weighted by atomic mass is 32.2. The van der Waals surface area contributed by atoms with Crippen molar-refractivity contribution in [3.63, 3.8) is 0 Å². The summed E-state index contributed by atoms with van der Waals surface area (Å²) >= 11 is 0. The van der Waals surface area contributed by atoms with Gasteiger partial charge in [0.05, 0.1) is 12.5 Å². The normalized spacial score (nSPS) is 11.2. The molecule has 0 N–H and O–H groups in total. The number of rotatable bonds is 6. The van der Waals surface area contributed by atoms with Gasteiger partial charge in [-0.15, -0.1) is 0 Å².